The third-order valence-corrected chi connectivity index (χ3v) is 3.41. The average molecular weight is 265 g/mol. The molecule has 2 atom stereocenters. The first-order valence-electron chi connectivity index (χ1n) is 6.89. The maximum absolute atomic E-state index is 5.62. The van der Waals surface area contributed by atoms with Crippen LogP contribution in [-0.2, 0) is 4.74 Å². The van der Waals surface area contributed by atoms with Gasteiger partial charge in [0, 0.05) is 19.2 Å². The van der Waals surface area contributed by atoms with Crippen molar-refractivity contribution in [3.8, 4) is 11.5 Å². The smallest absolute Gasteiger partial charge is 0.161 e. The molecule has 1 N–H and O–H groups in total. The molecule has 0 aliphatic carbocycles. The van der Waals surface area contributed by atoms with Crippen LogP contribution in [0.2, 0.25) is 0 Å². The summed E-state index contributed by atoms with van der Waals surface area (Å²) in [6.45, 7) is 6.30. The molecule has 0 saturated carbocycles. The highest BCUT2D eigenvalue weighted by Gasteiger charge is 2.16. The van der Waals surface area contributed by atoms with E-state index >= 15 is 0 Å². The lowest BCUT2D eigenvalue weighted by Crippen LogP contribution is -2.34. The molecule has 0 amide bonds. The minimum absolute atomic E-state index is 0.260. The van der Waals surface area contributed by atoms with E-state index in [2.05, 4.69) is 31.3 Å². The van der Waals surface area contributed by atoms with E-state index in [-0.39, 0.29) is 6.04 Å². The van der Waals surface area contributed by atoms with E-state index in [0.717, 1.165) is 24.5 Å². The summed E-state index contributed by atoms with van der Waals surface area (Å²) in [5.74, 6) is 1.68. The standard InChI is InChI=1S/C15H23NO3/c1-4-13(10-17-3)16-11(2)12-5-6-14-15(9-12)19-8-7-18-14/h5-6,9,11,13,16H,4,7-8,10H2,1-3H3. The highest BCUT2D eigenvalue weighted by Crippen LogP contribution is 2.32. The van der Waals surface area contributed by atoms with Gasteiger partial charge in [-0.15, -0.1) is 0 Å². The van der Waals surface area contributed by atoms with Gasteiger partial charge < -0.3 is 19.5 Å². The van der Waals surface area contributed by atoms with Crippen LogP contribution >= 0.6 is 0 Å². The number of ether oxygens (including phenoxy) is 3. The Bertz CT molecular complexity index is 408. The predicted octanol–water partition coefficient (Wildman–Crippen LogP) is 2.53. The Labute approximate surface area is 115 Å². The van der Waals surface area contributed by atoms with Gasteiger partial charge in [-0.2, -0.15) is 0 Å². The number of fused-ring (bicyclic) bond motifs is 1. The molecule has 4 nitrogen and oxygen atoms in total. The van der Waals surface area contributed by atoms with Crippen LogP contribution in [0.4, 0.5) is 0 Å². The lowest BCUT2D eigenvalue weighted by atomic mass is 10.1. The third kappa shape index (κ3) is 3.61. The first-order valence-corrected chi connectivity index (χ1v) is 6.89. The van der Waals surface area contributed by atoms with Gasteiger partial charge >= 0.3 is 0 Å². The fourth-order valence-corrected chi connectivity index (χ4v) is 2.26. The monoisotopic (exact) mass is 265 g/mol. The second-order valence-corrected chi connectivity index (χ2v) is 4.85. The van der Waals surface area contributed by atoms with Crippen molar-refractivity contribution in [2.24, 2.45) is 0 Å². The molecule has 0 spiro atoms. The Morgan fingerprint density at radius 2 is 2.00 bits per heavy atom. The van der Waals surface area contributed by atoms with Gasteiger partial charge in [0.2, 0.25) is 0 Å². The number of methoxy groups -OCH3 is 1. The highest BCUT2D eigenvalue weighted by atomic mass is 16.6. The van der Waals surface area contributed by atoms with Gasteiger partial charge in [-0.1, -0.05) is 13.0 Å². The molecule has 1 heterocycles. The van der Waals surface area contributed by atoms with Gasteiger partial charge in [-0.25, -0.2) is 0 Å². The fourth-order valence-electron chi connectivity index (χ4n) is 2.26. The maximum Gasteiger partial charge on any atom is 0.161 e. The molecule has 0 bridgehead atoms. The summed E-state index contributed by atoms with van der Waals surface area (Å²) in [7, 11) is 1.74. The van der Waals surface area contributed by atoms with Crippen LogP contribution in [0.25, 0.3) is 0 Å². The van der Waals surface area contributed by atoms with E-state index in [4.69, 9.17) is 14.2 Å². The summed E-state index contributed by atoms with van der Waals surface area (Å²) >= 11 is 0. The van der Waals surface area contributed by atoms with Gasteiger partial charge in [0.05, 0.1) is 6.61 Å². The minimum Gasteiger partial charge on any atom is -0.486 e. The Kier molecular flexibility index (Phi) is 5.05. The Morgan fingerprint density at radius 1 is 1.26 bits per heavy atom. The summed E-state index contributed by atoms with van der Waals surface area (Å²) in [6, 6.07) is 6.76. The van der Waals surface area contributed by atoms with E-state index in [1.54, 1.807) is 7.11 Å². The lowest BCUT2D eigenvalue weighted by molar-refractivity contribution is 0.159. The predicted molar refractivity (Wildman–Crippen MR) is 74.9 cm³/mol. The van der Waals surface area contributed by atoms with Crippen LogP contribution in [0.5, 0.6) is 11.5 Å². The van der Waals surface area contributed by atoms with Crippen molar-refractivity contribution in [2.45, 2.75) is 32.4 Å². The van der Waals surface area contributed by atoms with E-state index in [1.807, 2.05) is 6.07 Å². The van der Waals surface area contributed by atoms with E-state index in [0.29, 0.717) is 19.3 Å². The zero-order valence-corrected chi connectivity index (χ0v) is 11.9. The molecule has 1 aliphatic rings. The zero-order chi connectivity index (χ0) is 13.7. The van der Waals surface area contributed by atoms with Crippen LogP contribution < -0.4 is 14.8 Å². The van der Waals surface area contributed by atoms with Crippen molar-refractivity contribution in [3.05, 3.63) is 23.8 Å². The number of nitrogens with one attached hydrogen (secondary N) is 1. The molecular weight excluding hydrogens is 242 g/mol. The molecule has 2 rings (SSSR count). The van der Waals surface area contributed by atoms with Crippen molar-refractivity contribution in [1.29, 1.82) is 0 Å². The fraction of sp³-hybridized carbons (Fsp3) is 0.600. The summed E-state index contributed by atoms with van der Waals surface area (Å²) in [4.78, 5) is 0. The maximum atomic E-state index is 5.62. The normalized spacial score (nSPS) is 17.0. The molecule has 4 heteroatoms. The zero-order valence-electron chi connectivity index (χ0n) is 11.9. The quantitative estimate of drug-likeness (QED) is 0.858. The average Bonchev–Trinajstić information content (AvgIpc) is 2.46. The lowest BCUT2D eigenvalue weighted by Gasteiger charge is -2.24. The number of hydrogen-bond donors (Lipinski definition) is 1. The molecule has 0 radical (unpaired) electrons. The van der Waals surface area contributed by atoms with Gasteiger partial charge in [0.15, 0.2) is 11.5 Å². The molecule has 2 unspecified atom stereocenters. The molecule has 1 aromatic carbocycles. The van der Waals surface area contributed by atoms with Crippen molar-refractivity contribution in [2.75, 3.05) is 26.9 Å². The topological polar surface area (TPSA) is 39.7 Å². The van der Waals surface area contributed by atoms with E-state index in [9.17, 15) is 0 Å². The van der Waals surface area contributed by atoms with E-state index < -0.39 is 0 Å². The summed E-state index contributed by atoms with van der Waals surface area (Å²) < 4.78 is 16.4. The molecule has 0 aromatic heterocycles. The largest absolute Gasteiger partial charge is 0.486 e. The van der Waals surface area contributed by atoms with Crippen molar-refractivity contribution in [1.82, 2.24) is 5.32 Å². The first-order chi connectivity index (χ1) is 9.24. The Balaban J connectivity index is 2.04. The molecule has 1 aliphatic heterocycles. The number of hydrogen-bond acceptors (Lipinski definition) is 4. The van der Waals surface area contributed by atoms with Crippen LogP contribution in [0.1, 0.15) is 31.9 Å². The summed E-state index contributed by atoms with van der Waals surface area (Å²) in [6.07, 6.45) is 1.04. The van der Waals surface area contributed by atoms with Crippen molar-refractivity contribution < 1.29 is 14.2 Å². The van der Waals surface area contributed by atoms with Gasteiger partial charge in [-0.05, 0) is 31.0 Å². The van der Waals surface area contributed by atoms with Crippen LogP contribution in [-0.4, -0.2) is 33.0 Å². The van der Waals surface area contributed by atoms with E-state index in [1.165, 1.54) is 5.56 Å². The first kappa shape index (κ1) is 14.2. The second kappa shape index (κ2) is 6.78. The Morgan fingerprint density at radius 3 is 2.68 bits per heavy atom. The third-order valence-electron chi connectivity index (χ3n) is 3.41. The molecule has 106 valence electrons. The highest BCUT2D eigenvalue weighted by molar-refractivity contribution is 5.44. The van der Waals surface area contributed by atoms with Crippen molar-refractivity contribution >= 4 is 0 Å². The molecular formula is C15H23NO3. The molecule has 0 fully saturated rings. The SMILES string of the molecule is CCC(COC)NC(C)c1ccc2c(c1)OCCO2. The van der Waals surface area contributed by atoms with Crippen LogP contribution in [0.15, 0.2) is 18.2 Å². The number of rotatable bonds is 6. The summed E-state index contributed by atoms with van der Waals surface area (Å²) in [5.41, 5.74) is 1.21. The van der Waals surface area contributed by atoms with Crippen LogP contribution in [0, 0.1) is 0 Å². The van der Waals surface area contributed by atoms with Gasteiger partial charge in [-0.3, -0.25) is 0 Å². The molecule has 1 aromatic rings. The number of benzene rings is 1. The van der Waals surface area contributed by atoms with Crippen LogP contribution in [0.3, 0.4) is 0 Å². The minimum atomic E-state index is 0.260. The molecule has 19 heavy (non-hydrogen) atoms. The Hall–Kier alpha value is -1.26. The second-order valence-electron chi connectivity index (χ2n) is 4.85. The summed E-state index contributed by atoms with van der Waals surface area (Å²) in [5, 5.41) is 3.57. The van der Waals surface area contributed by atoms with Crippen molar-refractivity contribution in [3.63, 3.8) is 0 Å². The molecule has 0 saturated heterocycles. The van der Waals surface area contributed by atoms with Gasteiger partial charge in [0.25, 0.3) is 0 Å². The van der Waals surface area contributed by atoms with Gasteiger partial charge in [0.1, 0.15) is 13.2 Å².